The highest BCUT2D eigenvalue weighted by Gasteiger charge is 2.20. The molecule has 0 unspecified atom stereocenters. The fourth-order valence-corrected chi connectivity index (χ4v) is 4.55. The lowest BCUT2D eigenvalue weighted by atomic mass is 10.1. The third-order valence-electron chi connectivity index (χ3n) is 5.67. The summed E-state index contributed by atoms with van der Waals surface area (Å²) in [6.45, 7) is 2.86. The normalized spacial score (nSPS) is 14.5. The Bertz CT molecular complexity index is 1440. The van der Waals surface area contributed by atoms with Gasteiger partial charge in [0.2, 0.25) is 0 Å². The first kappa shape index (κ1) is 21.3. The van der Waals surface area contributed by atoms with Crippen LogP contribution in [0.5, 0.6) is 0 Å². The monoisotopic (exact) mass is 462 g/mol. The zero-order chi connectivity index (χ0) is 23.0. The summed E-state index contributed by atoms with van der Waals surface area (Å²) in [6, 6.07) is 13.8. The standard InChI is InChI=1S/C24H22N4O4S/c1-33(30,31)18-4-2-16(3-5-18)22-15-20-23(32-22)19(7-9-26-20)17-6-8-27-21(14-17)24(29)28-12-10-25-11-13-28/h2-9,14-15,25H,10-13H2,1H3. The Kier molecular flexibility index (Phi) is 5.43. The number of carbonyl (C=O) groups is 1. The maximum absolute atomic E-state index is 12.9. The topological polar surface area (TPSA) is 105 Å². The first-order chi connectivity index (χ1) is 15.9. The molecule has 3 aromatic heterocycles. The largest absolute Gasteiger partial charge is 0.454 e. The number of carbonyl (C=O) groups excluding carboxylic acids is 1. The Morgan fingerprint density at radius 2 is 1.70 bits per heavy atom. The van der Waals surface area contributed by atoms with Crippen molar-refractivity contribution >= 4 is 26.8 Å². The van der Waals surface area contributed by atoms with Crippen molar-refractivity contribution in [3.8, 4) is 22.5 Å². The van der Waals surface area contributed by atoms with Crippen molar-refractivity contribution < 1.29 is 17.6 Å². The minimum Gasteiger partial charge on any atom is -0.454 e. The maximum atomic E-state index is 12.9. The number of rotatable bonds is 4. The highest BCUT2D eigenvalue weighted by atomic mass is 32.2. The summed E-state index contributed by atoms with van der Waals surface area (Å²) in [7, 11) is -3.27. The van der Waals surface area contributed by atoms with Gasteiger partial charge >= 0.3 is 0 Å². The number of aromatic nitrogens is 2. The molecule has 0 saturated carbocycles. The summed E-state index contributed by atoms with van der Waals surface area (Å²) >= 11 is 0. The Labute approximate surface area is 191 Å². The number of benzene rings is 1. The van der Waals surface area contributed by atoms with Gasteiger partial charge in [0.15, 0.2) is 15.4 Å². The van der Waals surface area contributed by atoms with E-state index in [0.29, 0.717) is 35.6 Å². The van der Waals surface area contributed by atoms with Crippen molar-refractivity contribution in [3.05, 3.63) is 66.6 Å². The molecule has 0 spiro atoms. The number of pyridine rings is 2. The van der Waals surface area contributed by atoms with Crippen LogP contribution >= 0.6 is 0 Å². The van der Waals surface area contributed by atoms with Gasteiger partial charge in [-0.3, -0.25) is 14.8 Å². The lowest BCUT2D eigenvalue weighted by Gasteiger charge is -2.27. The molecule has 1 saturated heterocycles. The van der Waals surface area contributed by atoms with Crippen LogP contribution in [0.1, 0.15) is 10.5 Å². The highest BCUT2D eigenvalue weighted by molar-refractivity contribution is 7.90. The molecule has 0 radical (unpaired) electrons. The van der Waals surface area contributed by atoms with Crippen LogP contribution in [-0.2, 0) is 9.84 Å². The van der Waals surface area contributed by atoms with Crippen molar-refractivity contribution in [2.24, 2.45) is 0 Å². The number of amides is 1. The molecule has 1 amide bonds. The Hall–Kier alpha value is -3.56. The molecule has 0 aliphatic carbocycles. The van der Waals surface area contributed by atoms with Crippen molar-refractivity contribution in [3.63, 3.8) is 0 Å². The van der Waals surface area contributed by atoms with Gasteiger partial charge in [0, 0.05) is 62.0 Å². The average Bonchev–Trinajstić information content (AvgIpc) is 3.28. The van der Waals surface area contributed by atoms with Crippen LogP contribution in [0, 0.1) is 0 Å². The molecule has 9 heteroatoms. The second-order valence-corrected chi connectivity index (χ2v) is 9.97. The molecule has 8 nitrogen and oxygen atoms in total. The summed E-state index contributed by atoms with van der Waals surface area (Å²) in [5.41, 5.74) is 4.01. The van der Waals surface area contributed by atoms with E-state index in [9.17, 15) is 13.2 Å². The molecular formula is C24H22N4O4S. The predicted octanol–water partition coefficient (Wildman–Crippen LogP) is 3.01. The highest BCUT2D eigenvalue weighted by Crippen LogP contribution is 2.34. The average molecular weight is 463 g/mol. The van der Waals surface area contributed by atoms with E-state index in [1.165, 1.54) is 6.26 Å². The van der Waals surface area contributed by atoms with E-state index in [-0.39, 0.29) is 10.8 Å². The minimum atomic E-state index is -3.27. The molecule has 4 heterocycles. The van der Waals surface area contributed by atoms with Gasteiger partial charge in [-0.25, -0.2) is 8.42 Å². The number of nitrogens with one attached hydrogen (secondary N) is 1. The van der Waals surface area contributed by atoms with E-state index in [4.69, 9.17) is 4.42 Å². The van der Waals surface area contributed by atoms with Crippen molar-refractivity contribution in [1.82, 2.24) is 20.2 Å². The molecule has 0 bridgehead atoms. The van der Waals surface area contributed by atoms with Gasteiger partial charge in [-0.2, -0.15) is 0 Å². The van der Waals surface area contributed by atoms with Crippen LogP contribution in [0.25, 0.3) is 33.6 Å². The summed E-state index contributed by atoms with van der Waals surface area (Å²) < 4.78 is 29.6. The third-order valence-corrected chi connectivity index (χ3v) is 6.80. The van der Waals surface area contributed by atoms with Crippen LogP contribution in [0.2, 0.25) is 0 Å². The Morgan fingerprint density at radius 3 is 2.42 bits per heavy atom. The molecule has 1 aliphatic heterocycles. The molecule has 33 heavy (non-hydrogen) atoms. The number of hydrogen-bond donors (Lipinski definition) is 1. The van der Waals surface area contributed by atoms with Crippen LogP contribution < -0.4 is 5.32 Å². The van der Waals surface area contributed by atoms with E-state index in [1.807, 2.05) is 18.2 Å². The Balaban J connectivity index is 1.51. The van der Waals surface area contributed by atoms with Gasteiger partial charge in [0.05, 0.1) is 4.90 Å². The van der Waals surface area contributed by atoms with Crippen LogP contribution in [0.3, 0.4) is 0 Å². The molecule has 4 aromatic rings. The third kappa shape index (κ3) is 4.24. The van der Waals surface area contributed by atoms with Gasteiger partial charge in [0.1, 0.15) is 17.0 Å². The first-order valence-corrected chi connectivity index (χ1v) is 12.4. The Morgan fingerprint density at radius 1 is 0.970 bits per heavy atom. The SMILES string of the molecule is CS(=O)(=O)c1ccc(-c2cc3nccc(-c4ccnc(C(=O)N5CCNCC5)c4)c3o2)cc1. The minimum absolute atomic E-state index is 0.0882. The van der Waals surface area contributed by atoms with E-state index < -0.39 is 9.84 Å². The number of furan rings is 1. The summed E-state index contributed by atoms with van der Waals surface area (Å²) in [5.74, 6) is 0.492. The van der Waals surface area contributed by atoms with Gasteiger partial charge in [-0.05, 0) is 48.0 Å². The van der Waals surface area contributed by atoms with Crippen LogP contribution in [0.4, 0.5) is 0 Å². The van der Waals surface area contributed by atoms with Gasteiger partial charge < -0.3 is 14.6 Å². The molecule has 1 aromatic carbocycles. The summed E-state index contributed by atoms with van der Waals surface area (Å²) in [6.07, 6.45) is 4.50. The number of nitrogens with zero attached hydrogens (tertiary/aromatic N) is 3. The second kappa shape index (κ2) is 8.42. The maximum Gasteiger partial charge on any atom is 0.272 e. The van der Waals surface area contributed by atoms with Crippen molar-refractivity contribution in [2.75, 3.05) is 32.4 Å². The van der Waals surface area contributed by atoms with Gasteiger partial charge in [-0.1, -0.05) is 0 Å². The number of piperazine rings is 1. The zero-order valence-corrected chi connectivity index (χ0v) is 18.8. The molecule has 1 aliphatic rings. The van der Waals surface area contributed by atoms with E-state index in [2.05, 4.69) is 15.3 Å². The lowest BCUT2D eigenvalue weighted by Crippen LogP contribution is -2.46. The fourth-order valence-electron chi connectivity index (χ4n) is 3.92. The van der Waals surface area contributed by atoms with Gasteiger partial charge in [-0.15, -0.1) is 0 Å². The smallest absolute Gasteiger partial charge is 0.272 e. The molecule has 5 rings (SSSR count). The first-order valence-electron chi connectivity index (χ1n) is 10.6. The van der Waals surface area contributed by atoms with E-state index in [1.54, 1.807) is 47.6 Å². The molecule has 0 atom stereocenters. The number of sulfone groups is 1. The van der Waals surface area contributed by atoms with E-state index >= 15 is 0 Å². The van der Waals surface area contributed by atoms with Crippen molar-refractivity contribution in [2.45, 2.75) is 4.90 Å². The summed E-state index contributed by atoms with van der Waals surface area (Å²) in [4.78, 5) is 23.7. The number of hydrogen-bond acceptors (Lipinski definition) is 7. The predicted molar refractivity (Wildman–Crippen MR) is 125 cm³/mol. The molecular weight excluding hydrogens is 440 g/mol. The lowest BCUT2D eigenvalue weighted by molar-refractivity contribution is 0.0730. The van der Waals surface area contributed by atoms with Crippen molar-refractivity contribution in [1.29, 1.82) is 0 Å². The van der Waals surface area contributed by atoms with Gasteiger partial charge in [0.25, 0.3) is 5.91 Å². The molecule has 1 fully saturated rings. The van der Waals surface area contributed by atoms with Crippen LogP contribution in [-0.4, -0.2) is 61.6 Å². The van der Waals surface area contributed by atoms with E-state index in [0.717, 1.165) is 29.8 Å². The molecule has 1 N–H and O–H groups in total. The van der Waals surface area contributed by atoms with Crippen LogP contribution in [0.15, 0.2) is 70.2 Å². The number of fused-ring (bicyclic) bond motifs is 1. The quantitative estimate of drug-likeness (QED) is 0.497. The second-order valence-electron chi connectivity index (χ2n) is 7.95. The molecule has 168 valence electrons. The summed E-state index contributed by atoms with van der Waals surface area (Å²) in [5, 5.41) is 3.24. The fraction of sp³-hybridized carbons (Fsp3) is 0.208. The zero-order valence-electron chi connectivity index (χ0n) is 18.0.